The van der Waals surface area contributed by atoms with Crippen molar-refractivity contribution in [1.29, 1.82) is 0 Å². The van der Waals surface area contributed by atoms with Crippen LogP contribution in [0.5, 0.6) is 0 Å². The highest BCUT2D eigenvalue weighted by molar-refractivity contribution is 5.94. The second kappa shape index (κ2) is 18.0. The van der Waals surface area contributed by atoms with E-state index in [9.17, 15) is 19.2 Å². The molecule has 48 heavy (non-hydrogen) atoms. The minimum atomic E-state index is -1.08. The first-order chi connectivity index (χ1) is 22.3. The Hall–Kier alpha value is -3.88. The Labute approximate surface area is 288 Å². The standard InChI is InChI=1S/C39H59N3O6/c1-12-13-17-22-42(35(44)31(23-26(2)3)41-37(46)48-39(9,10)11)33(30-21-20-27(4)28(5)24-30)34(43)40-32(36(45)47-38(6,7)8)25-29-18-15-14-16-19-29/h14-16,18-21,24,26,31-33H,12-13,17,22-23,25H2,1-11H3,(H,40,43)(H,41,46). The molecule has 2 rings (SSSR count). The van der Waals surface area contributed by atoms with E-state index in [1.807, 2.05) is 76.2 Å². The lowest BCUT2D eigenvalue weighted by atomic mass is 9.96. The molecular formula is C39H59N3O6. The van der Waals surface area contributed by atoms with E-state index in [-0.39, 0.29) is 24.8 Å². The normalized spacial score (nSPS) is 13.7. The van der Waals surface area contributed by atoms with E-state index in [4.69, 9.17) is 9.47 Å². The first-order valence-electron chi connectivity index (χ1n) is 17.3. The highest BCUT2D eigenvalue weighted by Crippen LogP contribution is 2.27. The summed E-state index contributed by atoms with van der Waals surface area (Å²) in [7, 11) is 0. The number of esters is 1. The monoisotopic (exact) mass is 665 g/mol. The van der Waals surface area contributed by atoms with E-state index in [1.165, 1.54) is 0 Å². The first kappa shape index (κ1) is 40.3. The molecule has 3 unspecified atom stereocenters. The van der Waals surface area contributed by atoms with Crippen molar-refractivity contribution in [2.24, 2.45) is 5.92 Å². The molecule has 0 radical (unpaired) electrons. The maximum atomic E-state index is 14.6. The van der Waals surface area contributed by atoms with Gasteiger partial charge in [-0.25, -0.2) is 9.59 Å². The Bertz CT molecular complexity index is 1360. The summed E-state index contributed by atoms with van der Waals surface area (Å²) < 4.78 is 11.3. The average molecular weight is 666 g/mol. The van der Waals surface area contributed by atoms with Crippen molar-refractivity contribution in [3.63, 3.8) is 0 Å². The zero-order valence-corrected chi connectivity index (χ0v) is 31.1. The van der Waals surface area contributed by atoms with E-state index in [1.54, 1.807) is 46.4 Å². The van der Waals surface area contributed by atoms with Crippen molar-refractivity contribution in [1.82, 2.24) is 15.5 Å². The van der Waals surface area contributed by atoms with Gasteiger partial charge in [0.1, 0.15) is 29.3 Å². The molecule has 0 aromatic heterocycles. The van der Waals surface area contributed by atoms with Gasteiger partial charge in [0.05, 0.1) is 0 Å². The summed E-state index contributed by atoms with van der Waals surface area (Å²) in [5, 5.41) is 5.78. The van der Waals surface area contributed by atoms with Gasteiger partial charge < -0.3 is 25.0 Å². The lowest BCUT2D eigenvalue weighted by molar-refractivity contribution is -0.159. The molecule has 3 atom stereocenters. The molecule has 0 saturated carbocycles. The predicted molar refractivity (Wildman–Crippen MR) is 190 cm³/mol. The average Bonchev–Trinajstić information content (AvgIpc) is 2.95. The minimum absolute atomic E-state index is 0.0581. The number of aryl methyl sites for hydroxylation is 2. The number of carbonyl (C=O) groups excluding carboxylic acids is 4. The van der Waals surface area contributed by atoms with E-state index >= 15 is 0 Å². The fourth-order valence-corrected chi connectivity index (χ4v) is 5.32. The van der Waals surface area contributed by atoms with E-state index in [0.717, 1.165) is 29.5 Å². The molecule has 2 aromatic carbocycles. The number of alkyl carbamates (subject to hydrolysis) is 1. The quantitative estimate of drug-likeness (QED) is 0.152. The topological polar surface area (TPSA) is 114 Å². The number of hydrogen-bond donors (Lipinski definition) is 2. The number of rotatable bonds is 15. The molecule has 0 aliphatic carbocycles. The molecule has 9 heteroatoms. The molecule has 266 valence electrons. The van der Waals surface area contributed by atoms with Crippen molar-refractivity contribution in [2.45, 2.75) is 138 Å². The number of nitrogens with zero attached hydrogens (tertiary/aromatic N) is 1. The Balaban J connectivity index is 2.66. The van der Waals surface area contributed by atoms with Crippen molar-refractivity contribution < 1.29 is 28.7 Å². The molecule has 0 bridgehead atoms. The third-order valence-corrected chi connectivity index (χ3v) is 7.68. The zero-order chi connectivity index (χ0) is 36.2. The summed E-state index contributed by atoms with van der Waals surface area (Å²) in [6.45, 7) is 20.9. The molecule has 2 N–H and O–H groups in total. The highest BCUT2D eigenvalue weighted by Gasteiger charge is 2.38. The predicted octanol–water partition coefficient (Wildman–Crippen LogP) is 7.37. The summed E-state index contributed by atoms with van der Waals surface area (Å²) in [5.41, 5.74) is 1.94. The molecule has 0 aliphatic heterocycles. The number of nitrogens with one attached hydrogen (secondary N) is 2. The van der Waals surface area contributed by atoms with Gasteiger partial charge in [-0.3, -0.25) is 9.59 Å². The molecule has 3 amide bonds. The number of unbranched alkanes of at least 4 members (excludes halogenated alkanes) is 2. The maximum absolute atomic E-state index is 14.6. The maximum Gasteiger partial charge on any atom is 0.408 e. The smallest absolute Gasteiger partial charge is 0.408 e. The number of hydrogen-bond acceptors (Lipinski definition) is 6. The van der Waals surface area contributed by atoms with Crippen molar-refractivity contribution in [3.05, 3.63) is 70.8 Å². The van der Waals surface area contributed by atoms with Gasteiger partial charge in [0.25, 0.3) is 0 Å². The van der Waals surface area contributed by atoms with Crippen molar-refractivity contribution in [3.8, 4) is 0 Å². The van der Waals surface area contributed by atoms with Crippen LogP contribution in [0.1, 0.15) is 116 Å². The van der Waals surface area contributed by atoms with Crippen LogP contribution < -0.4 is 10.6 Å². The molecule has 2 aromatic rings. The summed E-state index contributed by atoms with van der Waals surface area (Å²) >= 11 is 0. The van der Waals surface area contributed by atoms with Crippen LogP contribution in [0.15, 0.2) is 48.5 Å². The molecular weight excluding hydrogens is 606 g/mol. The fourth-order valence-electron chi connectivity index (χ4n) is 5.32. The lowest BCUT2D eigenvalue weighted by Gasteiger charge is -2.36. The summed E-state index contributed by atoms with van der Waals surface area (Å²) in [6.07, 6.45) is 2.26. The third kappa shape index (κ3) is 13.7. The SMILES string of the molecule is CCCCCN(C(=O)C(CC(C)C)NC(=O)OC(C)(C)C)C(C(=O)NC(Cc1ccccc1)C(=O)OC(C)(C)C)c1ccc(C)c(C)c1. The summed E-state index contributed by atoms with van der Waals surface area (Å²) in [6, 6.07) is 12.1. The minimum Gasteiger partial charge on any atom is -0.458 e. The van der Waals surface area contributed by atoms with Crippen LogP contribution in [0.25, 0.3) is 0 Å². The van der Waals surface area contributed by atoms with Gasteiger partial charge in [-0.2, -0.15) is 0 Å². The van der Waals surface area contributed by atoms with Crippen LogP contribution in [0, 0.1) is 19.8 Å². The molecule has 9 nitrogen and oxygen atoms in total. The van der Waals surface area contributed by atoms with Crippen LogP contribution in [0.4, 0.5) is 4.79 Å². The van der Waals surface area contributed by atoms with Crippen molar-refractivity contribution in [2.75, 3.05) is 6.54 Å². The number of benzene rings is 2. The van der Waals surface area contributed by atoms with Gasteiger partial charge in [-0.1, -0.05) is 82.1 Å². The first-order valence-corrected chi connectivity index (χ1v) is 17.3. The van der Waals surface area contributed by atoms with Crippen LogP contribution in [0.2, 0.25) is 0 Å². The Morgan fingerprint density at radius 2 is 1.42 bits per heavy atom. The molecule has 0 saturated heterocycles. The van der Waals surface area contributed by atoms with Gasteiger partial charge in [0, 0.05) is 13.0 Å². The second-order valence-electron chi connectivity index (χ2n) is 15.1. The lowest BCUT2D eigenvalue weighted by Crippen LogP contribution is -2.55. The molecule has 0 heterocycles. The van der Waals surface area contributed by atoms with Gasteiger partial charge in [0.15, 0.2) is 0 Å². The van der Waals surface area contributed by atoms with Crippen molar-refractivity contribution >= 4 is 23.9 Å². The number of amides is 3. The third-order valence-electron chi connectivity index (χ3n) is 7.68. The summed E-state index contributed by atoms with van der Waals surface area (Å²) in [4.78, 5) is 57.3. The fraction of sp³-hybridized carbons (Fsp3) is 0.590. The largest absolute Gasteiger partial charge is 0.458 e. The second-order valence-corrected chi connectivity index (χ2v) is 15.1. The number of ether oxygens (including phenoxy) is 2. The van der Waals surface area contributed by atoms with Gasteiger partial charge in [-0.15, -0.1) is 0 Å². The molecule has 0 aliphatic rings. The van der Waals surface area contributed by atoms with Gasteiger partial charge >= 0.3 is 12.1 Å². The van der Waals surface area contributed by atoms with Gasteiger partial charge in [0.2, 0.25) is 11.8 Å². The summed E-state index contributed by atoms with van der Waals surface area (Å²) in [5.74, 6) is -1.40. The van der Waals surface area contributed by atoms with Crippen LogP contribution in [0.3, 0.4) is 0 Å². The Morgan fingerprint density at radius 3 is 1.96 bits per heavy atom. The number of carbonyl (C=O) groups is 4. The van der Waals surface area contributed by atoms with E-state index in [0.29, 0.717) is 18.4 Å². The Kier molecular flexibility index (Phi) is 15.1. The van der Waals surface area contributed by atoms with Crippen LogP contribution >= 0.6 is 0 Å². The van der Waals surface area contributed by atoms with Crippen LogP contribution in [-0.4, -0.2) is 58.6 Å². The van der Waals surface area contributed by atoms with Gasteiger partial charge in [-0.05, 0) is 96.4 Å². The highest BCUT2D eigenvalue weighted by atomic mass is 16.6. The van der Waals surface area contributed by atoms with Crippen LogP contribution in [-0.2, 0) is 30.3 Å². The van der Waals surface area contributed by atoms with E-state index in [2.05, 4.69) is 17.6 Å². The Morgan fingerprint density at radius 1 is 0.792 bits per heavy atom. The molecule has 0 fully saturated rings. The molecule has 0 spiro atoms. The zero-order valence-electron chi connectivity index (χ0n) is 31.1. The van der Waals surface area contributed by atoms with E-state index < -0.39 is 47.3 Å².